The van der Waals surface area contributed by atoms with Crippen LogP contribution < -0.4 is 16.6 Å². The number of nitrogen functional groups attached to an aromatic ring is 1. The number of hydrogen-bond donors (Lipinski definition) is 3. The molecule has 6 nitrogen and oxygen atoms in total. The first-order valence-electron chi connectivity index (χ1n) is 4.99. The van der Waals surface area contributed by atoms with Gasteiger partial charge >= 0.3 is 0 Å². The van der Waals surface area contributed by atoms with E-state index in [1.165, 1.54) is 0 Å². The lowest BCUT2D eigenvalue weighted by atomic mass is 10.2. The van der Waals surface area contributed by atoms with E-state index < -0.39 is 0 Å². The van der Waals surface area contributed by atoms with E-state index in [2.05, 4.69) is 15.7 Å². The maximum atomic E-state index is 11.7. The average Bonchev–Trinajstić information content (AvgIpc) is 2.28. The quantitative estimate of drug-likeness (QED) is 0.470. The van der Waals surface area contributed by atoms with Crippen molar-refractivity contribution >= 4 is 11.7 Å². The van der Waals surface area contributed by atoms with Crippen LogP contribution in [-0.4, -0.2) is 43.0 Å². The van der Waals surface area contributed by atoms with Crippen LogP contribution in [0, 0.1) is 0 Å². The van der Waals surface area contributed by atoms with Crippen LogP contribution in [0.25, 0.3) is 0 Å². The van der Waals surface area contributed by atoms with E-state index in [0.29, 0.717) is 17.9 Å². The molecular weight excluding hydrogens is 206 g/mol. The van der Waals surface area contributed by atoms with Gasteiger partial charge in [-0.3, -0.25) is 4.79 Å². The van der Waals surface area contributed by atoms with Gasteiger partial charge in [0, 0.05) is 19.3 Å². The Morgan fingerprint density at radius 3 is 2.94 bits per heavy atom. The van der Waals surface area contributed by atoms with Crippen molar-refractivity contribution in [2.75, 3.05) is 32.6 Å². The lowest BCUT2D eigenvalue weighted by Crippen LogP contribution is -2.32. The van der Waals surface area contributed by atoms with Crippen molar-refractivity contribution in [3.8, 4) is 0 Å². The predicted molar refractivity (Wildman–Crippen MR) is 62.9 cm³/mol. The monoisotopic (exact) mass is 223 g/mol. The highest BCUT2D eigenvalue weighted by molar-refractivity contribution is 5.98. The fourth-order valence-electron chi connectivity index (χ4n) is 1.19. The van der Waals surface area contributed by atoms with Gasteiger partial charge in [0.25, 0.3) is 5.91 Å². The topological polar surface area (TPSA) is 83.3 Å². The van der Waals surface area contributed by atoms with Gasteiger partial charge < -0.3 is 15.6 Å². The minimum atomic E-state index is -0.178. The summed E-state index contributed by atoms with van der Waals surface area (Å²) >= 11 is 0. The van der Waals surface area contributed by atoms with Gasteiger partial charge in [0.15, 0.2) is 5.82 Å². The maximum Gasteiger partial charge on any atom is 0.255 e. The molecule has 0 atom stereocenters. The second-order valence-electron chi connectivity index (χ2n) is 3.60. The molecule has 1 amide bonds. The first-order chi connectivity index (χ1) is 7.65. The molecule has 0 aliphatic heterocycles. The Morgan fingerprint density at radius 1 is 1.56 bits per heavy atom. The second kappa shape index (κ2) is 6.04. The summed E-state index contributed by atoms with van der Waals surface area (Å²) in [6, 6.07) is 3.37. The molecule has 0 aliphatic rings. The van der Waals surface area contributed by atoms with Gasteiger partial charge in [-0.15, -0.1) is 0 Å². The number of pyridine rings is 1. The fraction of sp³-hybridized carbons (Fsp3) is 0.400. The van der Waals surface area contributed by atoms with Gasteiger partial charge in [-0.25, -0.2) is 10.8 Å². The Labute approximate surface area is 94.8 Å². The number of amides is 1. The largest absolute Gasteiger partial charge is 0.351 e. The molecule has 0 aliphatic carbocycles. The molecule has 16 heavy (non-hydrogen) atoms. The smallest absolute Gasteiger partial charge is 0.255 e. The number of hydrogen-bond acceptors (Lipinski definition) is 5. The molecule has 6 heteroatoms. The molecule has 1 heterocycles. The number of carbonyl (C=O) groups excluding carboxylic acids is 1. The van der Waals surface area contributed by atoms with Gasteiger partial charge in [-0.2, -0.15) is 0 Å². The zero-order valence-corrected chi connectivity index (χ0v) is 9.53. The van der Waals surface area contributed by atoms with Crippen molar-refractivity contribution in [1.82, 2.24) is 15.2 Å². The number of carbonyl (C=O) groups is 1. The van der Waals surface area contributed by atoms with Crippen LogP contribution in [0.4, 0.5) is 5.82 Å². The summed E-state index contributed by atoms with van der Waals surface area (Å²) < 4.78 is 0. The summed E-state index contributed by atoms with van der Waals surface area (Å²) in [6.07, 6.45) is 1.58. The minimum Gasteiger partial charge on any atom is -0.351 e. The van der Waals surface area contributed by atoms with Crippen LogP contribution in [0.2, 0.25) is 0 Å². The minimum absolute atomic E-state index is 0.178. The van der Waals surface area contributed by atoms with Crippen molar-refractivity contribution < 1.29 is 4.79 Å². The predicted octanol–water partition coefficient (Wildman–Crippen LogP) is -0.341. The van der Waals surface area contributed by atoms with E-state index in [1.807, 2.05) is 19.0 Å². The molecule has 0 aromatic carbocycles. The van der Waals surface area contributed by atoms with Gasteiger partial charge in [0.1, 0.15) is 0 Å². The maximum absolute atomic E-state index is 11.7. The third-order valence-electron chi connectivity index (χ3n) is 2.03. The zero-order valence-electron chi connectivity index (χ0n) is 9.53. The highest BCUT2D eigenvalue weighted by Gasteiger charge is 2.10. The molecule has 0 unspecified atom stereocenters. The Kier molecular flexibility index (Phi) is 4.68. The van der Waals surface area contributed by atoms with E-state index in [9.17, 15) is 4.79 Å². The first kappa shape index (κ1) is 12.4. The number of nitrogens with one attached hydrogen (secondary N) is 2. The van der Waals surface area contributed by atoms with Crippen LogP contribution in [-0.2, 0) is 0 Å². The SMILES string of the molecule is CN(C)CCNC(=O)c1cccnc1NN. The summed E-state index contributed by atoms with van der Waals surface area (Å²) in [5.74, 6) is 5.47. The number of nitrogens with two attached hydrogens (primary N) is 1. The van der Waals surface area contributed by atoms with Crippen LogP contribution in [0.3, 0.4) is 0 Å². The molecule has 0 radical (unpaired) electrons. The number of rotatable bonds is 5. The van der Waals surface area contributed by atoms with Crippen LogP contribution >= 0.6 is 0 Å². The van der Waals surface area contributed by atoms with Crippen molar-refractivity contribution in [1.29, 1.82) is 0 Å². The summed E-state index contributed by atoms with van der Waals surface area (Å²) in [4.78, 5) is 17.7. The summed E-state index contributed by atoms with van der Waals surface area (Å²) in [5.41, 5.74) is 2.84. The molecule has 1 rings (SSSR count). The zero-order chi connectivity index (χ0) is 12.0. The molecule has 4 N–H and O–H groups in total. The summed E-state index contributed by atoms with van der Waals surface area (Å²) in [7, 11) is 3.90. The molecule has 0 saturated carbocycles. The van der Waals surface area contributed by atoms with Crippen molar-refractivity contribution in [2.45, 2.75) is 0 Å². The summed E-state index contributed by atoms with van der Waals surface area (Å²) in [6.45, 7) is 1.38. The number of hydrazine groups is 1. The van der Waals surface area contributed by atoms with Crippen LogP contribution in [0.5, 0.6) is 0 Å². The van der Waals surface area contributed by atoms with Crippen molar-refractivity contribution in [3.63, 3.8) is 0 Å². The van der Waals surface area contributed by atoms with Crippen LogP contribution in [0.15, 0.2) is 18.3 Å². The highest BCUT2D eigenvalue weighted by atomic mass is 16.1. The van der Waals surface area contributed by atoms with E-state index >= 15 is 0 Å². The number of aromatic nitrogens is 1. The summed E-state index contributed by atoms with van der Waals surface area (Å²) in [5, 5.41) is 2.79. The first-order valence-corrected chi connectivity index (χ1v) is 4.99. The third-order valence-corrected chi connectivity index (χ3v) is 2.03. The average molecular weight is 223 g/mol. The Hall–Kier alpha value is -1.66. The fourth-order valence-corrected chi connectivity index (χ4v) is 1.19. The van der Waals surface area contributed by atoms with Crippen LogP contribution in [0.1, 0.15) is 10.4 Å². The lowest BCUT2D eigenvalue weighted by molar-refractivity contribution is 0.0951. The van der Waals surface area contributed by atoms with Gasteiger partial charge in [-0.05, 0) is 26.2 Å². The number of likely N-dealkylation sites (N-methyl/N-ethyl adjacent to an activating group) is 1. The van der Waals surface area contributed by atoms with Gasteiger partial charge in [-0.1, -0.05) is 0 Å². The van der Waals surface area contributed by atoms with Gasteiger partial charge in [0.2, 0.25) is 0 Å². The Bertz CT molecular complexity index is 353. The molecule has 0 saturated heterocycles. The van der Waals surface area contributed by atoms with E-state index in [1.54, 1.807) is 18.3 Å². The van der Waals surface area contributed by atoms with Gasteiger partial charge in [0.05, 0.1) is 5.56 Å². The van der Waals surface area contributed by atoms with Crippen molar-refractivity contribution in [3.05, 3.63) is 23.9 Å². The van der Waals surface area contributed by atoms with E-state index in [-0.39, 0.29) is 5.91 Å². The molecule has 88 valence electrons. The number of anilines is 1. The molecule has 1 aromatic rings. The molecule has 0 bridgehead atoms. The standard InChI is InChI=1S/C10H17N5O/c1-15(2)7-6-13-10(16)8-4-3-5-12-9(8)14-11/h3-5H,6-7,11H2,1-2H3,(H,12,14)(H,13,16). The van der Waals surface area contributed by atoms with E-state index in [0.717, 1.165) is 6.54 Å². The Morgan fingerprint density at radius 2 is 2.31 bits per heavy atom. The highest BCUT2D eigenvalue weighted by Crippen LogP contribution is 2.08. The molecule has 0 fully saturated rings. The number of nitrogens with zero attached hydrogens (tertiary/aromatic N) is 2. The lowest BCUT2D eigenvalue weighted by Gasteiger charge is -2.11. The molecular formula is C10H17N5O. The third kappa shape index (κ3) is 3.48. The normalized spacial score (nSPS) is 10.2. The Balaban J connectivity index is 2.59. The van der Waals surface area contributed by atoms with Crippen molar-refractivity contribution in [2.24, 2.45) is 5.84 Å². The van der Waals surface area contributed by atoms with E-state index in [4.69, 9.17) is 5.84 Å². The second-order valence-corrected chi connectivity index (χ2v) is 3.60. The molecule has 1 aromatic heterocycles. The molecule has 0 spiro atoms.